The maximum atomic E-state index is 13.3. The fraction of sp³-hybridized carbons (Fsp3) is 0.250. The van der Waals surface area contributed by atoms with Crippen LogP contribution in [0.3, 0.4) is 0 Å². The van der Waals surface area contributed by atoms with Crippen LogP contribution in [0.25, 0.3) is 0 Å². The summed E-state index contributed by atoms with van der Waals surface area (Å²) in [5.74, 6) is -0.947. The molecule has 0 unspecified atom stereocenters. The van der Waals surface area contributed by atoms with Gasteiger partial charge in [-0.15, -0.1) is 11.3 Å². The summed E-state index contributed by atoms with van der Waals surface area (Å²) in [6.07, 6.45) is -7.98. The third kappa shape index (κ3) is 2.66. The first-order chi connectivity index (χ1) is 10.3. The van der Waals surface area contributed by atoms with Crippen molar-refractivity contribution >= 4 is 28.6 Å². The molecular weight excluding hydrogens is 348 g/mol. The molecule has 0 radical (unpaired) electrons. The van der Waals surface area contributed by atoms with Crippen LogP contribution in [0, 0.1) is 0 Å². The summed E-state index contributed by atoms with van der Waals surface area (Å²) in [7, 11) is 0. The van der Waals surface area contributed by atoms with Gasteiger partial charge in [0.05, 0.1) is 12.2 Å². The van der Waals surface area contributed by atoms with E-state index in [0.717, 1.165) is 10.9 Å². The molecule has 2 aromatic rings. The summed E-state index contributed by atoms with van der Waals surface area (Å²) in [5.41, 5.74) is 0.0946. The summed E-state index contributed by atoms with van der Waals surface area (Å²) >= 11 is 6.87. The zero-order valence-electron chi connectivity index (χ0n) is 10.6. The van der Waals surface area contributed by atoms with Gasteiger partial charge in [-0.25, -0.2) is 4.98 Å². The van der Waals surface area contributed by atoms with E-state index in [-0.39, 0.29) is 12.2 Å². The largest absolute Gasteiger partial charge is 0.507 e. The molecule has 1 aromatic carbocycles. The monoisotopic (exact) mass is 354 g/mol. The van der Waals surface area contributed by atoms with Crippen molar-refractivity contribution in [1.29, 1.82) is 0 Å². The van der Waals surface area contributed by atoms with Gasteiger partial charge in [0.1, 0.15) is 0 Å². The van der Waals surface area contributed by atoms with Gasteiger partial charge in [0.2, 0.25) is 0 Å². The van der Waals surface area contributed by atoms with Crippen LogP contribution in [0.5, 0.6) is 11.5 Å². The number of anilines is 1. The van der Waals surface area contributed by atoms with Crippen molar-refractivity contribution in [3.05, 3.63) is 33.7 Å². The van der Waals surface area contributed by atoms with Crippen molar-refractivity contribution in [3.63, 3.8) is 0 Å². The Morgan fingerprint density at radius 3 is 2.59 bits per heavy atom. The fourth-order valence-corrected chi connectivity index (χ4v) is 2.69. The zero-order chi connectivity index (χ0) is 16.0. The van der Waals surface area contributed by atoms with Crippen molar-refractivity contribution in [3.8, 4) is 11.5 Å². The van der Waals surface area contributed by atoms with Crippen molar-refractivity contribution in [2.75, 3.05) is 5.32 Å². The first-order valence-corrected chi connectivity index (χ1v) is 7.09. The number of halogens is 5. The maximum absolute atomic E-state index is 13.3. The number of benzene rings is 1. The number of ether oxygens (including phenoxy) is 2. The van der Waals surface area contributed by atoms with E-state index in [9.17, 15) is 17.6 Å². The molecule has 3 rings (SSSR count). The molecule has 22 heavy (non-hydrogen) atoms. The Bertz CT molecular complexity index is 710. The minimum atomic E-state index is -4.76. The quantitative estimate of drug-likeness (QED) is 0.831. The number of nitrogens with zero attached hydrogens (tertiary/aromatic N) is 1. The molecule has 1 aliphatic heterocycles. The number of thiazole rings is 1. The Morgan fingerprint density at radius 2 is 1.91 bits per heavy atom. The summed E-state index contributed by atoms with van der Waals surface area (Å²) in [5, 5.41) is 2.80. The Kier molecular flexibility index (Phi) is 3.56. The summed E-state index contributed by atoms with van der Waals surface area (Å²) in [6.45, 7) is 0.214. The van der Waals surface area contributed by atoms with Crippen molar-refractivity contribution in [1.82, 2.24) is 4.98 Å². The van der Waals surface area contributed by atoms with E-state index >= 15 is 0 Å². The standard InChI is InChI=1S/C12H7ClF4N2O2S/c13-10-19-5-6(22-10)4-18-7-2-1-3-8-9(7)21-12(16,17)11(14,15)20-8/h1-3,5,18H,4H2. The molecule has 1 aliphatic rings. The van der Waals surface area contributed by atoms with Gasteiger partial charge in [-0.2, -0.15) is 17.6 Å². The van der Waals surface area contributed by atoms with Crippen LogP contribution in [0.4, 0.5) is 23.2 Å². The van der Waals surface area contributed by atoms with Crippen LogP contribution in [-0.2, 0) is 6.54 Å². The molecule has 0 bridgehead atoms. The highest BCUT2D eigenvalue weighted by Crippen LogP contribution is 2.49. The predicted octanol–water partition coefficient (Wildman–Crippen LogP) is 4.37. The van der Waals surface area contributed by atoms with Crippen LogP contribution in [0.15, 0.2) is 24.4 Å². The molecule has 0 aliphatic carbocycles. The maximum Gasteiger partial charge on any atom is 0.507 e. The number of aromatic nitrogens is 1. The van der Waals surface area contributed by atoms with E-state index in [4.69, 9.17) is 11.6 Å². The van der Waals surface area contributed by atoms with Gasteiger partial charge in [-0.1, -0.05) is 17.7 Å². The molecule has 2 heterocycles. The minimum Gasteiger partial charge on any atom is -0.421 e. The predicted molar refractivity (Wildman–Crippen MR) is 72.0 cm³/mol. The van der Waals surface area contributed by atoms with Gasteiger partial charge in [0.25, 0.3) is 0 Å². The molecule has 0 spiro atoms. The highest BCUT2D eigenvalue weighted by molar-refractivity contribution is 7.15. The number of para-hydroxylation sites is 1. The van der Waals surface area contributed by atoms with Crippen molar-refractivity contribution < 1.29 is 27.0 Å². The van der Waals surface area contributed by atoms with Crippen LogP contribution in [-0.4, -0.2) is 17.2 Å². The lowest BCUT2D eigenvalue weighted by molar-refractivity contribution is -0.391. The average molecular weight is 355 g/mol. The Morgan fingerprint density at radius 1 is 1.18 bits per heavy atom. The number of nitrogens with one attached hydrogen (secondary N) is 1. The summed E-state index contributed by atoms with van der Waals surface area (Å²) in [4.78, 5) is 4.56. The molecule has 4 nitrogen and oxygen atoms in total. The average Bonchev–Trinajstić information content (AvgIpc) is 2.83. The second-order valence-corrected chi connectivity index (χ2v) is 6.00. The molecule has 1 N–H and O–H groups in total. The number of hydrogen-bond donors (Lipinski definition) is 1. The fourth-order valence-electron chi connectivity index (χ4n) is 1.77. The van der Waals surface area contributed by atoms with Crippen LogP contribution < -0.4 is 14.8 Å². The molecular formula is C12H7ClF4N2O2S. The molecule has 0 fully saturated rings. The van der Waals surface area contributed by atoms with Gasteiger partial charge in [0, 0.05) is 11.1 Å². The third-order valence-corrected chi connectivity index (χ3v) is 3.88. The second-order valence-electron chi connectivity index (χ2n) is 4.30. The summed E-state index contributed by atoms with van der Waals surface area (Å²) in [6, 6.07) is 3.90. The lowest BCUT2D eigenvalue weighted by atomic mass is 10.2. The van der Waals surface area contributed by atoms with E-state index in [1.54, 1.807) is 0 Å². The molecule has 1 aromatic heterocycles. The molecule has 0 saturated heterocycles. The highest BCUT2D eigenvalue weighted by Gasteiger charge is 2.66. The molecule has 0 saturated carbocycles. The van der Waals surface area contributed by atoms with Crippen molar-refractivity contribution in [2.24, 2.45) is 0 Å². The Balaban J connectivity index is 1.86. The van der Waals surface area contributed by atoms with Gasteiger partial charge >= 0.3 is 12.2 Å². The number of fused-ring (bicyclic) bond motifs is 1. The topological polar surface area (TPSA) is 43.4 Å². The summed E-state index contributed by atoms with van der Waals surface area (Å²) < 4.78 is 61.3. The lowest BCUT2D eigenvalue weighted by Gasteiger charge is -2.32. The molecule has 10 heteroatoms. The van der Waals surface area contributed by atoms with Crippen LogP contribution in [0.1, 0.15) is 4.88 Å². The SMILES string of the molecule is FC1(F)Oc2cccc(NCc3cnc(Cl)s3)c2OC1(F)F. The van der Waals surface area contributed by atoms with E-state index in [0.29, 0.717) is 4.47 Å². The molecule has 0 atom stereocenters. The van der Waals surface area contributed by atoms with Gasteiger partial charge < -0.3 is 14.8 Å². The van der Waals surface area contributed by atoms with Gasteiger partial charge in [0.15, 0.2) is 16.0 Å². The van der Waals surface area contributed by atoms with Crippen LogP contribution in [0.2, 0.25) is 4.47 Å². The Hall–Kier alpha value is -1.74. The Labute approximate surface area is 130 Å². The van der Waals surface area contributed by atoms with Crippen molar-refractivity contribution in [2.45, 2.75) is 18.8 Å². The van der Waals surface area contributed by atoms with E-state index in [1.807, 2.05) is 0 Å². The number of rotatable bonds is 3. The van der Waals surface area contributed by atoms with Gasteiger partial charge in [-0.05, 0) is 12.1 Å². The van der Waals surface area contributed by atoms with E-state index in [2.05, 4.69) is 19.8 Å². The molecule has 0 amide bonds. The number of alkyl halides is 4. The minimum absolute atomic E-state index is 0.0946. The zero-order valence-corrected chi connectivity index (χ0v) is 12.2. The van der Waals surface area contributed by atoms with E-state index < -0.39 is 23.7 Å². The highest BCUT2D eigenvalue weighted by atomic mass is 35.5. The first-order valence-electron chi connectivity index (χ1n) is 5.89. The molecule has 118 valence electrons. The smallest absolute Gasteiger partial charge is 0.421 e. The third-order valence-electron chi connectivity index (χ3n) is 2.76. The lowest BCUT2D eigenvalue weighted by Crippen LogP contribution is -2.52. The van der Waals surface area contributed by atoms with Crippen LogP contribution >= 0.6 is 22.9 Å². The number of hydrogen-bond acceptors (Lipinski definition) is 5. The normalized spacial score (nSPS) is 18.0. The first kappa shape index (κ1) is 15.2. The van der Waals surface area contributed by atoms with Gasteiger partial charge in [-0.3, -0.25) is 0 Å². The second kappa shape index (κ2) is 5.17. The van der Waals surface area contributed by atoms with E-state index in [1.165, 1.54) is 29.7 Å².